The lowest BCUT2D eigenvalue weighted by Crippen LogP contribution is -2.10. The van der Waals surface area contributed by atoms with Gasteiger partial charge in [0.1, 0.15) is 0 Å². The second-order valence-electron chi connectivity index (χ2n) is 12.5. The summed E-state index contributed by atoms with van der Waals surface area (Å²) in [5.74, 6) is 0.604. The molecular weight excluding hydrogens is 805 g/mol. The van der Waals surface area contributed by atoms with Crippen molar-refractivity contribution >= 4 is 113 Å². The molecule has 0 saturated heterocycles. The summed E-state index contributed by atoms with van der Waals surface area (Å²) in [7, 11) is 16.1. The molecule has 6 aromatic carbocycles. The Labute approximate surface area is 337 Å². The maximum absolute atomic E-state index is 6.10. The fraction of sp³-hybridized carbons (Fsp3) is 0.143. The van der Waals surface area contributed by atoms with Crippen LogP contribution >= 0.6 is 73.0 Å². The van der Waals surface area contributed by atoms with Crippen molar-refractivity contribution < 1.29 is 0 Å². The molecule has 268 valence electrons. The monoisotopic (exact) mass is 840 g/mol. The van der Waals surface area contributed by atoms with Crippen molar-refractivity contribution in [3.63, 3.8) is 0 Å². The largest absolute Gasteiger partial charge is 0.341 e. The van der Waals surface area contributed by atoms with E-state index in [0.717, 1.165) is 70.9 Å². The first-order chi connectivity index (χ1) is 25.0. The number of aryl methyl sites for hydroxylation is 2. The number of hydrogen-bond donors (Lipinski definition) is 0. The van der Waals surface area contributed by atoms with E-state index in [9.17, 15) is 0 Å². The highest BCUT2D eigenvalue weighted by atomic mass is 36.2. The number of anilines is 6. The number of hydrogen-bond acceptors (Lipinski definition) is 2. The van der Waals surface area contributed by atoms with Crippen LogP contribution in [0.25, 0.3) is 11.1 Å². The second-order valence-corrected chi connectivity index (χ2v) is 29.4. The van der Waals surface area contributed by atoms with Gasteiger partial charge in [0.25, 0.3) is 0 Å². The van der Waals surface area contributed by atoms with Crippen LogP contribution in [0.4, 0.5) is 34.1 Å². The van der Waals surface area contributed by atoms with Crippen LogP contribution in [0.15, 0.2) is 158 Å². The Morgan fingerprint density at radius 3 is 1.08 bits per heavy atom. The highest BCUT2D eigenvalue weighted by Crippen LogP contribution is 2.63. The normalized spacial score (nSPS) is 12.0. The zero-order chi connectivity index (χ0) is 36.6. The van der Waals surface area contributed by atoms with Gasteiger partial charge in [-0.3, -0.25) is 0 Å². The minimum absolute atomic E-state index is 0.604. The lowest BCUT2D eigenvalue weighted by Gasteiger charge is -2.26. The third-order valence-corrected chi connectivity index (χ3v) is 13.5. The van der Waals surface area contributed by atoms with E-state index in [4.69, 9.17) is 65.3 Å². The number of nitrogens with zero attached hydrogens (tertiary/aromatic N) is 2. The van der Waals surface area contributed by atoms with Crippen molar-refractivity contribution in [2.75, 3.05) is 15.6 Å². The van der Waals surface area contributed by atoms with Crippen LogP contribution in [0.2, 0.25) is 6.04 Å². The van der Waals surface area contributed by atoms with E-state index in [1.165, 1.54) is 11.1 Å². The van der Waals surface area contributed by atoms with Crippen molar-refractivity contribution in [2.24, 2.45) is 0 Å². The number of rotatable bonds is 15. The van der Waals surface area contributed by atoms with Crippen LogP contribution in [0.5, 0.6) is 0 Å². The number of para-hydroxylation sites is 2. The van der Waals surface area contributed by atoms with Crippen molar-refractivity contribution in [1.82, 2.24) is 0 Å². The van der Waals surface area contributed by atoms with Gasteiger partial charge < -0.3 is 9.80 Å². The van der Waals surface area contributed by atoms with Gasteiger partial charge in [-0.1, -0.05) is 84.9 Å². The van der Waals surface area contributed by atoms with Gasteiger partial charge in [-0.25, -0.2) is 0 Å². The van der Waals surface area contributed by atoms with Crippen molar-refractivity contribution in [3.8, 4) is 11.1 Å². The molecule has 0 spiro atoms. The molecular formula is C42H38Cl6N2SSi. The minimum Gasteiger partial charge on any atom is -0.311 e. The zero-order valence-corrected chi connectivity index (χ0v) is 34.7. The summed E-state index contributed by atoms with van der Waals surface area (Å²) in [5, 5.41) is 0. The first-order valence-corrected chi connectivity index (χ1v) is 26.6. The molecule has 0 unspecified atom stereocenters. The molecule has 0 aromatic heterocycles. The first kappa shape index (κ1) is 38.9. The summed E-state index contributed by atoms with van der Waals surface area (Å²) < 4.78 is 0. The average molecular weight is 844 g/mol. The molecule has 6 aromatic rings. The van der Waals surface area contributed by atoms with E-state index in [0.29, 0.717) is 11.8 Å². The van der Waals surface area contributed by atoms with E-state index < -0.39 is 13.7 Å². The third-order valence-electron chi connectivity index (χ3n) is 8.77. The molecule has 52 heavy (non-hydrogen) atoms. The van der Waals surface area contributed by atoms with Gasteiger partial charge in [0.15, 0.2) is 0 Å². The molecule has 0 fully saturated rings. The van der Waals surface area contributed by atoms with Gasteiger partial charge in [0.05, 0.1) is 0 Å². The maximum Gasteiger partial charge on any atom is 0.341 e. The summed E-state index contributed by atoms with van der Waals surface area (Å²) in [6, 6.07) is 53.7. The summed E-state index contributed by atoms with van der Waals surface area (Å²) >= 11 is 18.3. The van der Waals surface area contributed by atoms with E-state index in [1.807, 2.05) is 12.1 Å². The second kappa shape index (κ2) is 18.0. The number of benzene rings is 6. The Morgan fingerprint density at radius 2 is 0.731 bits per heavy atom. The molecule has 10 heteroatoms. The highest BCUT2D eigenvalue weighted by molar-refractivity contribution is 8.79. The molecule has 6 rings (SSSR count). The van der Waals surface area contributed by atoms with Crippen LogP contribution < -0.4 is 9.80 Å². The molecule has 0 N–H and O–H groups in total. The van der Waals surface area contributed by atoms with E-state index >= 15 is 0 Å². The Kier molecular flexibility index (Phi) is 13.5. The Hall–Kier alpha value is -2.77. The zero-order valence-electron chi connectivity index (χ0n) is 28.3. The standard InChI is InChI=1S/C42H38Cl6N2SSi/c43-51(44,45)31-7-9-33-15-23-39(24-16-33)49(37-11-3-1-4-12-37)41-27-19-35(20-28-41)36-21-29-42(30-22-36)50(38-13-5-2-6-14-38)40-25-17-34(18-26-40)10-8-32-52(46,47)48/h1-6,11-30H,7-10,31-32H2. The van der Waals surface area contributed by atoms with Gasteiger partial charge in [0.2, 0.25) is 0 Å². The SMILES string of the molecule is Cl[Si](Cl)(Cl)CCCc1ccc(N(c2ccccc2)c2ccc(-c3ccc(N(c4ccccc4)c4ccc(CCCS(Cl)(Cl)Cl)cc4)cc3)cc2)cc1. The molecule has 0 radical (unpaired) electrons. The van der Waals surface area contributed by atoms with Gasteiger partial charge in [-0.2, -0.15) is 0 Å². The quantitative estimate of drug-likeness (QED) is 0.0751. The fourth-order valence-electron chi connectivity index (χ4n) is 6.21. The molecule has 0 heterocycles. The molecule has 0 aliphatic carbocycles. The van der Waals surface area contributed by atoms with E-state index in [2.05, 4.69) is 155 Å². The Morgan fingerprint density at radius 1 is 0.404 bits per heavy atom. The molecule has 0 amide bonds. The summed E-state index contributed by atoms with van der Waals surface area (Å²) in [6.07, 6.45) is 3.47. The van der Waals surface area contributed by atoms with Crippen LogP contribution in [-0.4, -0.2) is 11.8 Å². The molecule has 0 aliphatic heterocycles. The predicted octanol–water partition coefficient (Wildman–Crippen LogP) is 16.1. The molecule has 2 nitrogen and oxygen atoms in total. The van der Waals surface area contributed by atoms with Crippen LogP contribution in [0, 0.1) is 0 Å². The Balaban J connectivity index is 1.21. The average Bonchev–Trinajstić information content (AvgIpc) is 3.14. The highest BCUT2D eigenvalue weighted by Gasteiger charge is 2.24. The van der Waals surface area contributed by atoms with Gasteiger partial charge >= 0.3 is 6.00 Å². The molecule has 0 atom stereocenters. The smallest absolute Gasteiger partial charge is 0.311 e. The summed E-state index contributed by atoms with van der Waals surface area (Å²) in [4.78, 5) is 4.55. The molecule has 0 aliphatic rings. The lowest BCUT2D eigenvalue weighted by molar-refractivity contribution is 0.914. The third kappa shape index (κ3) is 11.1. The van der Waals surface area contributed by atoms with Crippen molar-refractivity contribution in [1.29, 1.82) is 0 Å². The topological polar surface area (TPSA) is 6.48 Å². The van der Waals surface area contributed by atoms with Crippen molar-refractivity contribution in [3.05, 3.63) is 169 Å². The summed E-state index contributed by atoms with van der Waals surface area (Å²) in [6.45, 7) is 0. The van der Waals surface area contributed by atoms with Gasteiger partial charge in [-0.15, -0.1) is 33.2 Å². The summed E-state index contributed by atoms with van der Waals surface area (Å²) in [5.41, 5.74) is 11.2. The van der Waals surface area contributed by atoms with Gasteiger partial charge in [0, 0.05) is 39.9 Å². The van der Waals surface area contributed by atoms with Crippen LogP contribution in [-0.2, 0) is 12.8 Å². The first-order valence-electron chi connectivity index (χ1n) is 17.1. The minimum atomic E-state index is -2.61. The number of halogens is 6. The maximum atomic E-state index is 6.10. The van der Waals surface area contributed by atoms with Crippen LogP contribution in [0.1, 0.15) is 24.0 Å². The van der Waals surface area contributed by atoms with Crippen LogP contribution in [0.3, 0.4) is 0 Å². The fourth-order valence-corrected chi connectivity index (χ4v) is 9.44. The molecule has 0 bridgehead atoms. The predicted molar refractivity (Wildman–Crippen MR) is 236 cm³/mol. The van der Waals surface area contributed by atoms with E-state index in [1.54, 1.807) is 0 Å². The lowest BCUT2D eigenvalue weighted by atomic mass is 10.0. The van der Waals surface area contributed by atoms with E-state index in [-0.39, 0.29) is 0 Å². The molecule has 0 saturated carbocycles. The van der Waals surface area contributed by atoms with Crippen molar-refractivity contribution in [2.45, 2.75) is 31.7 Å². The Bertz CT molecular complexity index is 1840. The van der Waals surface area contributed by atoms with Gasteiger partial charge in [-0.05, 0) is 166 Å².